The van der Waals surface area contributed by atoms with Gasteiger partial charge in [-0.15, -0.1) is 0 Å². The predicted molar refractivity (Wildman–Crippen MR) is 111 cm³/mol. The van der Waals surface area contributed by atoms with Gasteiger partial charge in [0, 0.05) is 12.7 Å². The molecule has 0 atom stereocenters. The second-order valence-electron chi connectivity index (χ2n) is 6.95. The molecular weight excluding hydrogens is 376 g/mol. The molecule has 2 aromatic rings. The summed E-state index contributed by atoms with van der Waals surface area (Å²) in [5, 5.41) is 2.73. The van der Waals surface area contributed by atoms with Crippen LogP contribution >= 0.6 is 0 Å². The molecule has 1 amide bonds. The minimum Gasteiger partial charge on any atom is -0.494 e. The van der Waals surface area contributed by atoms with Crippen LogP contribution in [-0.2, 0) is 14.8 Å². The van der Waals surface area contributed by atoms with Gasteiger partial charge in [0.25, 0.3) is 0 Å². The fourth-order valence-electron chi connectivity index (χ4n) is 2.72. The lowest BCUT2D eigenvalue weighted by Crippen LogP contribution is -2.35. The van der Waals surface area contributed by atoms with Crippen LogP contribution in [0.3, 0.4) is 0 Å². The maximum absolute atomic E-state index is 12.8. The maximum atomic E-state index is 12.8. The first-order valence-electron chi connectivity index (χ1n) is 9.24. The first-order valence-corrected chi connectivity index (χ1v) is 10.7. The number of hydrogen-bond donors (Lipinski definition) is 1. The molecule has 0 heterocycles. The van der Waals surface area contributed by atoms with Crippen molar-refractivity contribution in [2.24, 2.45) is 0 Å². The van der Waals surface area contributed by atoms with E-state index in [1.807, 2.05) is 31.2 Å². The molecule has 0 spiro atoms. The van der Waals surface area contributed by atoms with Crippen molar-refractivity contribution in [1.82, 2.24) is 4.31 Å². The number of hydrogen-bond acceptors (Lipinski definition) is 4. The molecule has 0 saturated carbocycles. The van der Waals surface area contributed by atoms with E-state index in [-0.39, 0.29) is 11.4 Å². The van der Waals surface area contributed by atoms with E-state index >= 15 is 0 Å². The molecule has 0 unspecified atom stereocenters. The second-order valence-corrected chi connectivity index (χ2v) is 8.99. The number of amides is 1. The lowest BCUT2D eigenvalue weighted by atomic mass is 10.0. The lowest BCUT2D eigenvalue weighted by Gasteiger charge is -2.18. The molecule has 152 valence electrons. The summed E-state index contributed by atoms with van der Waals surface area (Å²) in [4.78, 5) is 12.4. The highest BCUT2D eigenvalue weighted by molar-refractivity contribution is 7.89. The number of benzene rings is 2. The molecule has 2 aromatic carbocycles. The number of aryl methyl sites for hydroxylation is 1. The Bertz CT molecular complexity index is 922. The summed E-state index contributed by atoms with van der Waals surface area (Å²) in [6, 6.07) is 12.2. The molecule has 0 aliphatic carbocycles. The second kappa shape index (κ2) is 9.21. The van der Waals surface area contributed by atoms with Gasteiger partial charge in [0.15, 0.2) is 0 Å². The van der Waals surface area contributed by atoms with Gasteiger partial charge in [-0.25, -0.2) is 8.42 Å². The standard InChI is InChI=1S/C21H28N2O4S/c1-6-27-20-12-11-19(13-16(20)4)28(25,26)23(5)14-21(24)22-18-9-7-17(8-10-18)15(2)3/h7-13,15H,6,14H2,1-5H3,(H,22,24). The normalized spacial score (nSPS) is 11.7. The highest BCUT2D eigenvalue weighted by atomic mass is 32.2. The first-order chi connectivity index (χ1) is 13.1. The Morgan fingerprint density at radius 3 is 2.32 bits per heavy atom. The molecule has 0 saturated heterocycles. The zero-order valence-electron chi connectivity index (χ0n) is 17.0. The van der Waals surface area contributed by atoms with Crippen molar-refractivity contribution >= 4 is 21.6 Å². The highest BCUT2D eigenvalue weighted by Gasteiger charge is 2.23. The summed E-state index contributed by atoms with van der Waals surface area (Å²) in [7, 11) is -2.39. The summed E-state index contributed by atoms with van der Waals surface area (Å²) < 4.78 is 32.0. The molecule has 0 aliphatic rings. The Kier molecular flexibility index (Phi) is 7.21. The van der Waals surface area contributed by atoms with E-state index in [1.165, 1.54) is 18.7 Å². The first kappa shape index (κ1) is 21.9. The van der Waals surface area contributed by atoms with Crippen LogP contribution in [-0.4, -0.2) is 38.8 Å². The predicted octanol–water partition coefficient (Wildman–Crippen LogP) is 3.78. The van der Waals surface area contributed by atoms with E-state index in [9.17, 15) is 13.2 Å². The molecule has 0 radical (unpaired) electrons. The SMILES string of the molecule is CCOc1ccc(S(=O)(=O)N(C)CC(=O)Nc2ccc(C(C)C)cc2)cc1C. The van der Waals surface area contributed by atoms with E-state index in [0.29, 0.717) is 24.0 Å². The third-order valence-corrected chi connectivity index (χ3v) is 6.18. The van der Waals surface area contributed by atoms with E-state index in [1.54, 1.807) is 19.1 Å². The molecule has 1 N–H and O–H groups in total. The van der Waals surface area contributed by atoms with Gasteiger partial charge < -0.3 is 10.1 Å². The Labute approximate surface area is 167 Å². The van der Waals surface area contributed by atoms with Crippen molar-refractivity contribution in [2.45, 2.75) is 38.5 Å². The van der Waals surface area contributed by atoms with Gasteiger partial charge in [-0.3, -0.25) is 4.79 Å². The van der Waals surface area contributed by atoms with Gasteiger partial charge in [-0.05, 0) is 61.2 Å². The fourth-order valence-corrected chi connectivity index (χ4v) is 3.93. The average molecular weight is 405 g/mol. The van der Waals surface area contributed by atoms with Crippen molar-refractivity contribution < 1.29 is 17.9 Å². The molecule has 0 aliphatic heterocycles. The smallest absolute Gasteiger partial charge is 0.243 e. The Hall–Kier alpha value is -2.38. The van der Waals surface area contributed by atoms with Crippen LogP contribution in [0.25, 0.3) is 0 Å². The minimum absolute atomic E-state index is 0.130. The molecule has 28 heavy (non-hydrogen) atoms. The van der Waals surface area contributed by atoms with Crippen molar-refractivity contribution in [3.8, 4) is 5.75 Å². The van der Waals surface area contributed by atoms with Crippen LogP contribution in [0.15, 0.2) is 47.4 Å². The summed E-state index contributed by atoms with van der Waals surface area (Å²) >= 11 is 0. The summed E-state index contributed by atoms with van der Waals surface area (Å²) in [5.41, 5.74) is 2.53. The summed E-state index contributed by atoms with van der Waals surface area (Å²) in [6.45, 7) is 8.07. The van der Waals surface area contributed by atoms with Gasteiger partial charge >= 0.3 is 0 Å². The Balaban J connectivity index is 2.06. The van der Waals surface area contributed by atoms with Crippen LogP contribution in [0.5, 0.6) is 5.75 Å². The van der Waals surface area contributed by atoms with Gasteiger partial charge in [0.1, 0.15) is 5.75 Å². The molecule has 6 nitrogen and oxygen atoms in total. The molecule has 0 aromatic heterocycles. The van der Waals surface area contributed by atoms with E-state index in [2.05, 4.69) is 19.2 Å². The number of ether oxygens (including phenoxy) is 1. The largest absolute Gasteiger partial charge is 0.494 e. The average Bonchev–Trinajstić information content (AvgIpc) is 2.63. The monoisotopic (exact) mass is 404 g/mol. The summed E-state index contributed by atoms with van der Waals surface area (Å²) in [5.74, 6) is 0.649. The quantitative estimate of drug-likeness (QED) is 0.727. The van der Waals surface area contributed by atoms with E-state index < -0.39 is 15.9 Å². The minimum atomic E-state index is -3.78. The number of nitrogens with one attached hydrogen (secondary N) is 1. The van der Waals surface area contributed by atoms with Gasteiger partial charge in [-0.2, -0.15) is 4.31 Å². The Morgan fingerprint density at radius 1 is 1.14 bits per heavy atom. The van der Waals surface area contributed by atoms with Crippen LogP contribution in [0.4, 0.5) is 5.69 Å². The van der Waals surface area contributed by atoms with Gasteiger partial charge in [0.2, 0.25) is 15.9 Å². The number of nitrogens with zero attached hydrogens (tertiary/aromatic N) is 1. The molecule has 7 heteroatoms. The number of likely N-dealkylation sites (N-methyl/N-ethyl adjacent to an activating group) is 1. The van der Waals surface area contributed by atoms with E-state index in [4.69, 9.17) is 4.74 Å². The third-order valence-electron chi connectivity index (χ3n) is 4.38. The number of carbonyl (C=O) groups is 1. The van der Waals surface area contributed by atoms with Crippen LogP contribution < -0.4 is 10.1 Å². The van der Waals surface area contributed by atoms with Crippen molar-refractivity contribution in [3.63, 3.8) is 0 Å². The van der Waals surface area contributed by atoms with Crippen LogP contribution in [0, 0.1) is 6.92 Å². The molecule has 0 bridgehead atoms. The van der Waals surface area contributed by atoms with Crippen molar-refractivity contribution in [1.29, 1.82) is 0 Å². The fraction of sp³-hybridized carbons (Fsp3) is 0.381. The molecule has 2 rings (SSSR count). The van der Waals surface area contributed by atoms with Crippen LogP contribution in [0.1, 0.15) is 37.8 Å². The highest BCUT2D eigenvalue weighted by Crippen LogP contribution is 2.23. The van der Waals surface area contributed by atoms with Crippen molar-refractivity contribution in [3.05, 3.63) is 53.6 Å². The number of anilines is 1. The third kappa shape index (κ3) is 5.33. The van der Waals surface area contributed by atoms with Crippen LogP contribution in [0.2, 0.25) is 0 Å². The van der Waals surface area contributed by atoms with E-state index in [0.717, 1.165) is 9.87 Å². The van der Waals surface area contributed by atoms with Crippen molar-refractivity contribution in [2.75, 3.05) is 25.5 Å². The summed E-state index contributed by atoms with van der Waals surface area (Å²) in [6.07, 6.45) is 0. The molecular formula is C21H28N2O4S. The Morgan fingerprint density at radius 2 is 1.79 bits per heavy atom. The zero-order valence-corrected chi connectivity index (χ0v) is 17.8. The number of carbonyl (C=O) groups excluding carboxylic acids is 1. The maximum Gasteiger partial charge on any atom is 0.243 e. The zero-order chi connectivity index (χ0) is 20.9. The number of sulfonamides is 1. The topological polar surface area (TPSA) is 75.7 Å². The van der Waals surface area contributed by atoms with Gasteiger partial charge in [0.05, 0.1) is 18.0 Å². The number of rotatable bonds is 8. The molecule has 0 fully saturated rings. The van der Waals surface area contributed by atoms with Gasteiger partial charge in [-0.1, -0.05) is 26.0 Å². The lowest BCUT2D eigenvalue weighted by molar-refractivity contribution is -0.116.